The van der Waals surface area contributed by atoms with E-state index in [-0.39, 0.29) is 17.2 Å². The zero-order chi connectivity index (χ0) is 20.5. The van der Waals surface area contributed by atoms with Gasteiger partial charge in [-0.1, -0.05) is 18.2 Å². The fraction of sp³-hybridized carbons (Fsp3) is 0.0625. The number of amidine groups is 1. The van der Waals surface area contributed by atoms with Crippen molar-refractivity contribution >= 4 is 44.4 Å². The summed E-state index contributed by atoms with van der Waals surface area (Å²) < 4.78 is 32.5. The number of hydrogen-bond donors (Lipinski definition) is 3. The fourth-order valence-electron chi connectivity index (χ4n) is 2.46. The largest absolute Gasteiger partial charge is 0.296 e. The average Bonchev–Trinajstić information content (AvgIpc) is 2.93. The molecule has 0 fully saturated rings. The first-order valence-electron chi connectivity index (χ1n) is 7.78. The molecule has 12 heteroatoms. The Hall–Kier alpha value is -3.64. The minimum absolute atomic E-state index is 0.0495. The molecule has 0 saturated heterocycles. The van der Waals surface area contributed by atoms with E-state index in [0.717, 1.165) is 18.2 Å². The molecule has 0 saturated carbocycles. The quantitative estimate of drug-likeness (QED) is 0.393. The lowest BCUT2D eigenvalue weighted by Gasteiger charge is -2.13. The molecule has 0 radical (unpaired) electrons. The van der Waals surface area contributed by atoms with Gasteiger partial charge in [0.1, 0.15) is 4.90 Å². The van der Waals surface area contributed by atoms with Crippen LogP contribution in [0.5, 0.6) is 0 Å². The van der Waals surface area contributed by atoms with Crippen LogP contribution in [0, 0.1) is 15.5 Å². The van der Waals surface area contributed by atoms with Crippen LogP contribution in [0.3, 0.4) is 0 Å². The summed E-state index contributed by atoms with van der Waals surface area (Å²) in [5, 5.41) is 28.7. The second-order valence-corrected chi connectivity index (χ2v) is 7.06. The summed E-state index contributed by atoms with van der Waals surface area (Å²) >= 11 is 0. The summed E-state index contributed by atoms with van der Waals surface area (Å²) in [6, 6.07) is 11.8. The highest BCUT2D eigenvalue weighted by molar-refractivity contribution is 7.86. The first-order valence-corrected chi connectivity index (χ1v) is 9.22. The molecular weight excluding hydrogens is 388 g/mol. The molecule has 1 heterocycles. The number of nitro benzene ring substituents is 1. The van der Waals surface area contributed by atoms with E-state index in [1.807, 2.05) is 6.07 Å². The summed E-state index contributed by atoms with van der Waals surface area (Å²) in [4.78, 5) is 9.36. The Bertz CT molecular complexity index is 1130. The maximum atomic E-state index is 11.6. The van der Waals surface area contributed by atoms with Crippen molar-refractivity contribution in [1.82, 2.24) is 0 Å². The van der Waals surface area contributed by atoms with Crippen LogP contribution in [-0.2, 0) is 10.1 Å². The number of nitrogens with zero attached hydrogens (tertiary/aromatic N) is 4. The van der Waals surface area contributed by atoms with Gasteiger partial charge in [-0.15, -0.1) is 0 Å². The number of para-hydroxylation sites is 1. The van der Waals surface area contributed by atoms with E-state index >= 15 is 0 Å². The van der Waals surface area contributed by atoms with Gasteiger partial charge in [-0.3, -0.25) is 25.5 Å². The monoisotopic (exact) mass is 402 g/mol. The maximum absolute atomic E-state index is 11.6. The molecule has 0 aromatic heterocycles. The Morgan fingerprint density at radius 2 is 1.93 bits per heavy atom. The molecule has 0 spiro atoms. The molecule has 1 aliphatic heterocycles. The number of rotatable bonds is 5. The molecule has 11 nitrogen and oxygen atoms in total. The zero-order valence-electron chi connectivity index (χ0n) is 14.4. The van der Waals surface area contributed by atoms with Crippen LogP contribution in [0.25, 0.3) is 0 Å². The van der Waals surface area contributed by atoms with Crippen molar-refractivity contribution in [3.63, 3.8) is 0 Å². The minimum atomic E-state index is -4.75. The van der Waals surface area contributed by atoms with E-state index in [1.54, 1.807) is 31.2 Å². The summed E-state index contributed by atoms with van der Waals surface area (Å²) in [6.45, 7) is 1.62. The summed E-state index contributed by atoms with van der Waals surface area (Å²) in [7, 11) is -4.75. The van der Waals surface area contributed by atoms with Crippen LogP contribution in [0.1, 0.15) is 6.92 Å². The second kappa shape index (κ2) is 7.17. The molecule has 3 rings (SSSR count). The van der Waals surface area contributed by atoms with Crippen LogP contribution in [-0.4, -0.2) is 35.2 Å². The van der Waals surface area contributed by atoms with Crippen LogP contribution >= 0.6 is 0 Å². The number of non-ortho nitro benzene ring substituents is 1. The maximum Gasteiger partial charge on any atom is 0.296 e. The highest BCUT2D eigenvalue weighted by atomic mass is 32.2. The third-order valence-corrected chi connectivity index (χ3v) is 4.67. The molecule has 0 bridgehead atoms. The molecule has 0 atom stereocenters. The predicted molar refractivity (Wildman–Crippen MR) is 104 cm³/mol. The SMILES string of the molecule is CC1=NN(c2ccccc2)C(=N)/C1=N/Nc1ccc([N+](=O)[O-])cc1S(=O)(=O)O. The predicted octanol–water partition coefficient (Wildman–Crippen LogP) is 2.48. The lowest BCUT2D eigenvalue weighted by atomic mass is 10.2. The highest BCUT2D eigenvalue weighted by Gasteiger charge is 2.27. The standard InChI is InChI=1S/C16H14N6O5S/c1-10-15(16(17)21(20-10)11-5-3-2-4-6-11)19-18-13-8-7-12(22(23)24)9-14(13)28(25,26)27/h2-9,17-18H,1H3,(H,25,26,27)/b17-16?,19-15+. The Morgan fingerprint density at radius 3 is 2.54 bits per heavy atom. The van der Waals surface area contributed by atoms with Crippen LogP contribution in [0.4, 0.5) is 17.1 Å². The van der Waals surface area contributed by atoms with Gasteiger partial charge in [0, 0.05) is 12.1 Å². The third kappa shape index (κ3) is 3.72. The number of benzene rings is 2. The van der Waals surface area contributed by atoms with E-state index in [1.165, 1.54) is 5.01 Å². The average molecular weight is 402 g/mol. The topological polar surface area (TPSA) is 161 Å². The molecule has 0 amide bonds. The smallest absolute Gasteiger partial charge is 0.282 e. The van der Waals surface area contributed by atoms with Crippen molar-refractivity contribution in [3.05, 3.63) is 58.6 Å². The van der Waals surface area contributed by atoms with Crippen molar-refractivity contribution in [3.8, 4) is 0 Å². The van der Waals surface area contributed by atoms with Crippen molar-refractivity contribution in [1.29, 1.82) is 5.41 Å². The van der Waals surface area contributed by atoms with E-state index < -0.39 is 25.6 Å². The normalized spacial score (nSPS) is 15.6. The van der Waals surface area contributed by atoms with Crippen molar-refractivity contribution in [2.45, 2.75) is 11.8 Å². The molecule has 0 unspecified atom stereocenters. The zero-order valence-corrected chi connectivity index (χ0v) is 15.2. The fourth-order valence-corrected chi connectivity index (χ4v) is 3.12. The third-order valence-electron chi connectivity index (χ3n) is 3.77. The number of nitrogens with one attached hydrogen (secondary N) is 2. The first-order chi connectivity index (χ1) is 13.2. The molecule has 28 heavy (non-hydrogen) atoms. The summed E-state index contributed by atoms with van der Waals surface area (Å²) in [5.41, 5.74) is 2.94. The number of hydrazone groups is 2. The van der Waals surface area contributed by atoms with Gasteiger partial charge >= 0.3 is 0 Å². The molecule has 0 aliphatic carbocycles. The van der Waals surface area contributed by atoms with E-state index in [4.69, 9.17) is 5.41 Å². The van der Waals surface area contributed by atoms with Crippen LogP contribution in [0.15, 0.2) is 63.6 Å². The molecule has 2 aromatic rings. The van der Waals surface area contributed by atoms with Crippen molar-refractivity contribution in [2.24, 2.45) is 10.2 Å². The molecule has 1 aliphatic rings. The minimum Gasteiger partial charge on any atom is -0.282 e. The number of nitro groups is 1. The van der Waals surface area contributed by atoms with Crippen molar-refractivity contribution < 1.29 is 17.9 Å². The number of anilines is 2. The van der Waals surface area contributed by atoms with Gasteiger partial charge in [0.15, 0.2) is 11.5 Å². The Kier molecular flexibility index (Phi) is 4.90. The number of hydrogen-bond acceptors (Lipinski definition) is 8. The molecule has 144 valence electrons. The Balaban J connectivity index is 1.93. The van der Waals surface area contributed by atoms with Gasteiger partial charge in [0.2, 0.25) is 0 Å². The first kappa shape index (κ1) is 19.1. The lowest BCUT2D eigenvalue weighted by molar-refractivity contribution is -0.385. The summed E-state index contributed by atoms with van der Waals surface area (Å²) in [6.07, 6.45) is 0. The van der Waals surface area contributed by atoms with Gasteiger partial charge < -0.3 is 0 Å². The highest BCUT2D eigenvalue weighted by Crippen LogP contribution is 2.27. The van der Waals surface area contributed by atoms with Gasteiger partial charge in [0.05, 0.1) is 22.0 Å². The Morgan fingerprint density at radius 1 is 1.25 bits per heavy atom. The molecule has 3 N–H and O–H groups in total. The summed E-state index contributed by atoms with van der Waals surface area (Å²) in [5.74, 6) is -0.0495. The molecular formula is C16H14N6O5S. The van der Waals surface area contributed by atoms with Crippen molar-refractivity contribution in [2.75, 3.05) is 10.4 Å². The van der Waals surface area contributed by atoms with Gasteiger partial charge in [0.25, 0.3) is 15.8 Å². The van der Waals surface area contributed by atoms with E-state index in [0.29, 0.717) is 11.4 Å². The van der Waals surface area contributed by atoms with Gasteiger partial charge in [-0.2, -0.15) is 18.6 Å². The lowest BCUT2D eigenvalue weighted by Crippen LogP contribution is -2.27. The molecule has 2 aromatic carbocycles. The van der Waals surface area contributed by atoms with E-state index in [2.05, 4.69) is 15.6 Å². The van der Waals surface area contributed by atoms with Crippen LogP contribution < -0.4 is 10.4 Å². The van der Waals surface area contributed by atoms with Gasteiger partial charge in [-0.05, 0) is 25.1 Å². The van der Waals surface area contributed by atoms with Crippen LogP contribution in [0.2, 0.25) is 0 Å². The van der Waals surface area contributed by atoms with E-state index in [9.17, 15) is 23.1 Å². The van der Waals surface area contributed by atoms with Gasteiger partial charge in [-0.25, -0.2) is 5.01 Å². The second-order valence-electron chi connectivity index (χ2n) is 5.67. The Labute approximate surface area is 159 Å².